The van der Waals surface area contributed by atoms with Crippen molar-refractivity contribution < 1.29 is 22.7 Å². The molecule has 0 aromatic heterocycles. The number of alkyl halides is 3. The molecule has 28 heavy (non-hydrogen) atoms. The van der Waals surface area contributed by atoms with Gasteiger partial charge in [0.05, 0.1) is 12.6 Å². The molecule has 3 N–H and O–H groups in total. The fourth-order valence-electron chi connectivity index (χ4n) is 3.86. The summed E-state index contributed by atoms with van der Waals surface area (Å²) in [6, 6.07) is 7.74. The maximum Gasteiger partial charge on any atom is 0.405 e. The largest absolute Gasteiger partial charge is 0.487 e. The van der Waals surface area contributed by atoms with Gasteiger partial charge in [-0.3, -0.25) is 9.79 Å². The summed E-state index contributed by atoms with van der Waals surface area (Å²) in [5.74, 6) is 0.448. The van der Waals surface area contributed by atoms with E-state index in [4.69, 9.17) is 4.74 Å². The topological polar surface area (TPSA) is 74.8 Å². The summed E-state index contributed by atoms with van der Waals surface area (Å²) >= 11 is 0. The van der Waals surface area contributed by atoms with Gasteiger partial charge in [0.2, 0.25) is 5.91 Å². The number of benzene rings is 1. The van der Waals surface area contributed by atoms with Gasteiger partial charge in [0.25, 0.3) is 0 Å². The summed E-state index contributed by atoms with van der Waals surface area (Å²) in [5, 5.41) is 7.91. The lowest BCUT2D eigenvalue weighted by molar-refractivity contribution is -0.137. The number of carbonyl (C=O) groups is 1. The Morgan fingerprint density at radius 3 is 2.64 bits per heavy atom. The van der Waals surface area contributed by atoms with E-state index in [0.717, 1.165) is 43.4 Å². The van der Waals surface area contributed by atoms with Gasteiger partial charge in [-0.15, -0.1) is 0 Å². The monoisotopic (exact) mass is 398 g/mol. The normalized spacial score (nSPS) is 21.0. The Labute approximate surface area is 161 Å². The summed E-state index contributed by atoms with van der Waals surface area (Å²) < 4.78 is 42.9. The van der Waals surface area contributed by atoms with Crippen molar-refractivity contribution in [1.29, 1.82) is 0 Å². The molecule has 9 heteroatoms. The van der Waals surface area contributed by atoms with Crippen LogP contribution in [0.25, 0.3) is 0 Å². The third kappa shape index (κ3) is 5.08. The molecule has 1 aromatic rings. The number of rotatable bonds is 4. The molecule has 1 fully saturated rings. The molecule has 1 atom stereocenters. The molecule has 0 bridgehead atoms. The van der Waals surface area contributed by atoms with E-state index < -0.39 is 18.6 Å². The molecule has 0 saturated heterocycles. The van der Waals surface area contributed by atoms with Crippen molar-refractivity contribution in [2.24, 2.45) is 4.99 Å². The van der Waals surface area contributed by atoms with Crippen LogP contribution in [-0.4, -0.2) is 43.8 Å². The highest BCUT2D eigenvalue weighted by Gasteiger charge is 2.43. The van der Waals surface area contributed by atoms with Gasteiger partial charge in [0.1, 0.15) is 17.9 Å². The molecule has 1 aromatic carbocycles. The maximum atomic E-state index is 12.2. The van der Waals surface area contributed by atoms with E-state index in [-0.39, 0.29) is 18.2 Å². The molecular weight excluding hydrogens is 373 g/mol. The van der Waals surface area contributed by atoms with Crippen molar-refractivity contribution >= 4 is 11.9 Å². The fourth-order valence-corrected chi connectivity index (χ4v) is 3.86. The number of aliphatic imine (C=N–C) groups is 1. The number of fused-ring (bicyclic) bond motifs is 1. The van der Waals surface area contributed by atoms with Crippen LogP contribution in [0.3, 0.4) is 0 Å². The summed E-state index contributed by atoms with van der Waals surface area (Å²) in [4.78, 5) is 15.7. The minimum atomic E-state index is -4.43. The summed E-state index contributed by atoms with van der Waals surface area (Å²) in [5.41, 5.74) is 0.805. The van der Waals surface area contributed by atoms with Crippen molar-refractivity contribution in [3.63, 3.8) is 0 Å². The van der Waals surface area contributed by atoms with Gasteiger partial charge in [-0.05, 0) is 31.7 Å². The van der Waals surface area contributed by atoms with Gasteiger partial charge in [0.15, 0.2) is 5.96 Å². The number of guanidine groups is 1. The third-order valence-electron chi connectivity index (χ3n) is 5.15. The zero-order chi connectivity index (χ0) is 20.2. The number of para-hydroxylation sites is 1. The maximum absolute atomic E-state index is 12.2. The quantitative estimate of drug-likeness (QED) is 0.539. The van der Waals surface area contributed by atoms with Gasteiger partial charge in [0, 0.05) is 19.0 Å². The first-order valence-corrected chi connectivity index (χ1v) is 9.39. The second-order valence-electron chi connectivity index (χ2n) is 7.25. The van der Waals surface area contributed by atoms with Crippen LogP contribution in [0.4, 0.5) is 13.2 Å². The van der Waals surface area contributed by atoms with Crippen molar-refractivity contribution in [3.05, 3.63) is 29.8 Å². The van der Waals surface area contributed by atoms with Gasteiger partial charge >= 0.3 is 6.18 Å². The van der Waals surface area contributed by atoms with Gasteiger partial charge < -0.3 is 20.7 Å². The van der Waals surface area contributed by atoms with Crippen molar-refractivity contribution in [2.45, 2.75) is 49.9 Å². The Kier molecular flexibility index (Phi) is 6.00. The van der Waals surface area contributed by atoms with Crippen LogP contribution in [0.15, 0.2) is 29.3 Å². The number of amides is 1. The first-order chi connectivity index (χ1) is 13.3. The molecule has 3 rings (SSSR count). The Balaban J connectivity index is 1.63. The number of hydrogen-bond donors (Lipinski definition) is 3. The van der Waals surface area contributed by atoms with E-state index in [1.165, 1.54) is 0 Å². The van der Waals surface area contributed by atoms with E-state index in [9.17, 15) is 18.0 Å². The Hall–Kier alpha value is -2.45. The van der Waals surface area contributed by atoms with Crippen LogP contribution in [0.2, 0.25) is 0 Å². The molecular formula is C19H25F3N4O2. The lowest BCUT2D eigenvalue weighted by atomic mass is 9.86. The zero-order valence-corrected chi connectivity index (χ0v) is 15.7. The van der Waals surface area contributed by atoms with Crippen molar-refractivity contribution in [3.8, 4) is 5.75 Å². The highest BCUT2D eigenvalue weighted by molar-refractivity contribution is 5.86. The SMILES string of the molecule is CN=C(NCC(=O)NCC(F)(F)F)NC1CC2(CCCC2)Oc2ccccc21. The van der Waals surface area contributed by atoms with E-state index in [1.54, 1.807) is 7.05 Å². The lowest BCUT2D eigenvalue weighted by Crippen LogP contribution is -2.48. The van der Waals surface area contributed by atoms with Gasteiger partial charge in [-0.1, -0.05) is 18.2 Å². The van der Waals surface area contributed by atoms with Crippen LogP contribution in [0.1, 0.15) is 43.7 Å². The van der Waals surface area contributed by atoms with Crippen molar-refractivity contribution in [2.75, 3.05) is 20.1 Å². The molecule has 1 saturated carbocycles. The predicted molar refractivity (Wildman–Crippen MR) is 99.2 cm³/mol. The van der Waals surface area contributed by atoms with Crippen molar-refractivity contribution in [1.82, 2.24) is 16.0 Å². The molecule has 1 unspecified atom stereocenters. The highest BCUT2D eigenvalue weighted by atomic mass is 19.4. The Morgan fingerprint density at radius 2 is 1.96 bits per heavy atom. The Bertz CT molecular complexity index is 730. The average Bonchev–Trinajstić information content (AvgIpc) is 3.10. The smallest absolute Gasteiger partial charge is 0.405 e. The lowest BCUT2D eigenvalue weighted by Gasteiger charge is -2.40. The van der Waals surface area contributed by atoms with E-state index in [0.29, 0.717) is 5.96 Å². The second-order valence-corrected chi connectivity index (χ2v) is 7.25. The third-order valence-corrected chi connectivity index (χ3v) is 5.15. The van der Waals surface area contributed by atoms with Crippen LogP contribution < -0.4 is 20.7 Å². The van der Waals surface area contributed by atoms with E-state index in [2.05, 4.69) is 15.6 Å². The number of nitrogens with one attached hydrogen (secondary N) is 3. The zero-order valence-electron chi connectivity index (χ0n) is 15.7. The Morgan fingerprint density at radius 1 is 1.25 bits per heavy atom. The molecule has 0 radical (unpaired) electrons. The molecule has 1 aliphatic heterocycles. The number of hydrogen-bond acceptors (Lipinski definition) is 3. The average molecular weight is 398 g/mol. The molecule has 1 amide bonds. The second kappa shape index (κ2) is 8.28. The standard InChI is InChI=1S/C19H25F3N4O2/c1-23-17(24-11-16(27)25-12-19(20,21)22)26-14-10-18(8-4-5-9-18)28-15-7-3-2-6-13(14)15/h2-3,6-7,14H,4-5,8-12H2,1H3,(H,25,27)(H2,23,24,26). The number of halogens is 3. The van der Waals surface area contributed by atoms with E-state index in [1.807, 2.05) is 29.6 Å². The number of ether oxygens (including phenoxy) is 1. The molecule has 1 aliphatic carbocycles. The van der Waals surface area contributed by atoms with Gasteiger partial charge in [-0.2, -0.15) is 13.2 Å². The minimum absolute atomic E-state index is 0.0625. The summed E-state index contributed by atoms with van der Waals surface area (Å²) in [6.07, 6.45) is 0.571. The minimum Gasteiger partial charge on any atom is -0.487 e. The highest BCUT2D eigenvalue weighted by Crippen LogP contribution is 2.46. The van der Waals surface area contributed by atoms with Crippen LogP contribution in [0, 0.1) is 0 Å². The summed E-state index contributed by atoms with van der Waals surface area (Å²) in [6.45, 7) is -1.65. The molecule has 1 spiro atoms. The summed E-state index contributed by atoms with van der Waals surface area (Å²) in [7, 11) is 1.56. The van der Waals surface area contributed by atoms with Crippen LogP contribution >= 0.6 is 0 Å². The number of carbonyl (C=O) groups excluding carboxylic acids is 1. The molecule has 6 nitrogen and oxygen atoms in total. The first kappa shape index (κ1) is 20.3. The van der Waals surface area contributed by atoms with Crippen LogP contribution in [0.5, 0.6) is 5.75 Å². The van der Waals surface area contributed by atoms with Crippen LogP contribution in [-0.2, 0) is 4.79 Å². The van der Waals surface area contributed by atoms with Gasteiger partial charge in [-0.25, -0.2) is 0 Å². The predicted octanol–water partition coefficient (Wildman–Crippen LogP) is 2.67. The molecule has 1 heterocycles. The fraction of sp³-hybridized carbons (Fsp3) is 0.579. The molecule has 2 aliphatic rings. The first-order valence-electron chi connectivity index (χ1n) is 9.39. The van der Waals surface area contributed by atoms with E-state index >= 15 is 0 Å². The number of nitrogens with zero attached hydrogens (tertiary/aromatic N) is 1. The molecule has 154 valence electrons.